The molecule has 5 heteroatoms. The third kappa shape index (κ3) is 3.87. The molecule has 0 aromatic carbocycles. The molecule has 1 unspecified atom stereocenters. The van der Waals surface area contributed by atoms with Gasteiger partial charge in [-0.1, -0.05) is 6.92 Å². The minimum atomic E-state index is -1.07. The number of aliphatic hydroxyl groups is 1. The Bertz CT molecular complexity index is 395. The van der Waals surface area contributed by atoms with Crippen LogP contribution >= 0.6 is 0 Å². The van der Waals surface area contributed by atoms with Gasteiger partial charge < -0.3 is 19.9 Å². The lowest BCUT2D eigenvalue weighted by Crippen LogP contribution is -2.36. The Morgan fingerprint density at radius 2 is 2.24 bits per heavy atom. The molecule has 0 spiro atoms. The van der Waals surface area contributed by atoms with Crippen molar-refractivity contribution in [2.24, 2.45) is 0 Å². The van der Waals surface area contributed by atoms with Gasteiger partial charge in [-0.3, -0.25) is 0 Å². The van der Waals surface area contributed by atoms with Crippen LogP contribution in [0.4, 0.5) is 0 Å². The minimum absolute atomic E-state index is 0.0541. The molecule has 5 nitrogen and oxygen atoms in total. The fraction of sp³-hybridized carbons (Fsp3) is 0.583. The van der Waals surface area contributed by atoms with E-state index in [1.54, 1.807) is 13.8 Å². The Hall–Kier alpha value is -1.33. The van der Waals surface area contributed by atoms with Crippen LogP contribution in [-0.4, -0.2) is 28.3 Å². The summed E-state index contributed by atoms with van der Waals surface area (Å²) in [6.45, 7) is 6.33. The summed E-state index contributed by atoms with van der Waals surface area (Å²) in [5.74, 6) is -0.535. The van der Waals surface area contributed by atoms with E-state index >= 15 is 0 Å². The summed E-state index contributed by atoms with van der Waals surface area (Å²) in [7, 11) is 0. The van der Waals surface area contributed by atoms with Gasteiger partial charge in [-0.25, -0.2) is 4.79 Å². The highest BCUT2D eigenvalue weighted by Crippen LogP contribution is 2.15. The summed E-state index contributed by atoms with van der Waals surface area (Å²) >= 11 is 0. The van der Waals surface area contributed by atoms with Crippen LogP contribution in [0.3, 0.4) is 0 Å². The number of aryl methyl sites for hydroxylation is 1. The van der Waals surface area contributed by atoms with Gasteiger partial charge in [0.25, 0.3) is 0 Å². The van der Waals surface area contributed by atoms with Gasteiger partial charge in [0.2, 0.25) is 5.76 Å². The van der Waals surface area contributed by atoms with Crippen molar-refractivity contribution < 1.29 is 19.4 Å². The fourth-order valence-electron chi connectivity index (χ4n) is 1.39. The predicted octanol–water partition coefficient (Wildman–Crippen LogP) is 1.54. The quantitative estimate of drug-likeness (QED) is 0.703. The molecular weight excluding hydrogens is 222 g/mol. The number of aromatic carboxylic acids is 1. The smallest absolute Gasteiger partial charge is 0.371 e. The van der Waals surface area contributed by atoms with E-state index in [9.17, 15) is 9.90 Å². The Morgan fingerprint density at radius 3 is 2.71 bits per heavy atom. The standard InChI is InChI=1S/C12H19NO4/c1-4-12(3,16)7-13-6-9-5-10(11(14)15)17-8(9)2/h5,13,16H,4,6-7H2,1-3H3,(H,14,15). The molecule has 1 aromatic rings. The molecule has 96 valence electrons. The number of hydrogen-bond acceptors (Lipinski definition) is 4. The first kappa shape index (κ1) is 13.7. The third-order valence-electron chi connectivity index (χ3n) is 2.81. The van der Waals surface area contributed by atoms with Crippen LogP contribution in [0.5, 0.6) is 0 Å². The van der Waals surface area contributed by atoms with Crippen molar-refractivity contribution in [1.29, 1.82) is 0 Å². The lowest BCUT2D eigenvalue weighted by molar-refractivity contribution is 0.0555. The molecule has 0 radical (unpaired) electrons. The van der Waals surface area contributed by atoms with Gasteiger partial charge in [0, 0.05) is 18.7 Å². The molecule has 0 aliphatic rings. The predicted molar refractivity (Wildman–Crippen MR) is 63.0 cm³/mol. The third-order valence-corrected chi connectivity index (χ3v) is 2.81. The second-order valence-corrected chi connectivity index (χ2v) is 4.45. The summed E-state index contributed by atoms with van der Waals surface area (Å²) in [5, 5.41) is 21.6. The topological polar surface area (TPSA) is 82.7 Å². The lowest BCUT2D eigenvalue weighted by atomic mass is 10.0. The van der Waals surface area contributed by atoms with Gasteiger partial charge in [-0.15, -0.1) is 0 Å². The summed E-state index contributed by atoms with van der Waals surface area (Å²) in [6.07, 6.45) is 0.657. The summed E-state index contributed by atoms with van der Waals surface area (Å²) in [6, 6.07) is 1.51. The summed E-state index contributed by atoms with van der Waals surface area (Å²) in [5.41, 5.74) is 0.0575. The number of carbonyl (C=O) groups is 1. The highest BCUT2D eigenvalue weighted by Gasteiger charge is 2.17. The average molecular weight is 241 g/mol. The molecule has 0 bridgehead atoms. The second kappa shape index (κ2) is 5.33. The first-order chi connectivity index (χ1) is 7.85. The Labute approximate surface area is 100 Å². The molecular formula is C12H19NO4. The van der Waals surface area contributed by atoms with E-state index in [-0.39, 0.29) is 5.76 Å². The first-order valence-corrected chi connectivity index (χ1v) is 5.61. The van der Waals surface area contributed by atoms with Gasteiger partial charge in [0.1, 0.15) is 5.76 Å². The highest BCUT2D eigenvalue weighted by molar-refractivity contribution is 5.84. The van der Waals surface area contributed by atoms with Crippen molar-refractivity contribution in [3.8, 4) is 0 Å². The van der Waals surface area contributed by atoms with Crippen LogP contribution in [0.15, 0.2) is 10.5 Å². The molecule has 3 N–H and O–H groups in total. The van der Waals surface area contributed by atoms with Crippen LogP contribution in [0.2, 0.25) is 0 Å². The number of furan rings is 1. The van der Waals surface area contributed by atoms with E-state index in [0.29, 0.717) is 25.3 Å². The number of rotatable bonds is 6. The molecule has 0 saturated carbocycles. The van der Waals surface area contributed by atoms with Crippen LogP contribution in [0.25, 0.3) is 0 Å². The number of carboxylic acid groups (broad SMARTS) is 1. The first-order valence-electron chi connectivity index (χ1n) is 5.61. The maximum Gasteiger partial charge on any atom is 0.371 e. The molecule has 17 heavy (non-hydrogen) atoms. The van der Waals surface area contributed by atoms with E-state index < -0.39 is 11.6 Å². The van der Waals surface area contributed by atoms with Crippen molar-refractivity contribution in [3.63, 3.8) is 0 Å². The zero-order chi connectivity index (χ0) is 13.1. The van der Waals surface area contributed by atoms with E-state index in [1.165, 1.54) is 6.07 Å². The van der Waals surface area contributed by atoms with Crippen molar-refractivity contribution in [1.82, 2.24) is 5.32 Å². The Balaban J connectivity index is 2.55. The number of hydrogen-bond donors (Lipinski definition) is 3. The van der Waals surface area contributed by atoms with Gasteiger partial charge in [-0.2, -0.15) is 0 Å². The van der Waals surface area contributed by atoms with Crippen LogP contribution < -0.4 is 5.32 Å². The summed E-state index contributed by atoms with van der Waals surface area (Å²) < 4.78 is 5.08. The minimum Gasteiger partial charge on any atom is -0.475 e. The molecule has 0 saturated heterocycles. The fourth-order valence-corrected chi connectivity index (χ4v) is 1.39. The van der Waals surface area contributed by atoms with Crippen molar-refractivity contribution >= 4 is 5.97 Å². The number of carboxylic acids is 1. The van der Waals surface area contributed by atoms with Crippen LogP contribution in [0.1, 0.15) is 42.1 Å². The monoisotopic (exact) mass is 241 g/mol. The van der Waals surface area contributed by atoms with Crippen molar-refractivity contribution in [2.75, 3.05) is 6.54 Å². The van der Waals surface area contributed by atoms with Crippen LogP contribution in [-0.2, 0) is 6.54 Å². The van der Waals surface area contributed by atoms with E-state index in [0.717, 1.165) is 5.56 Å². The van der Waals surface area contributed by atoms with E-state index in [4.69, 9.17) is 9.52 Å². The van der Waals surface area contributed by atoms with Crippen molar-refractivity contribution in [3.05, 3.63) is 23.2 Å². The normalized spacial score (nSPS) is 14.6. The zero-order valence-electron chi connectivity index (χ0n) is 10.4. The Kier molecular flexibility index (Phi) is 4.31. The van der Waals surface area contributed by atoms with E-state index in [2.05, 4.69) is 5.32 Å². The lowest BCUT2D eigenvalue weighted by Gasteiger charge is -2.21. The molecule has 0 amide bonds. The zero-order valence-corrected chi connectivity index (χ0v) is 10.4. The summed E-state index contributed by atoms with van der Waals surface area (Å²) in [4.78, 5) is 10.7. The average Bonchev–Trinajstić information content (AvgIpc) is 2.60. The van der Waals surface area contributed by atoms with Gasteiger partial charge in [0.15, 0.2) is 0 Å². The van der Waals surface area contributed by atoms with E-state index in [1.807, 2.05) is 6.92 Å². The molecule has 1 rings (SSSR count). The highest BCUT2D eigenvalue weighted by atomic mass is 16.4. The van der Waals surface area contributed by atoms with Crippen LogP contribution in [0, 0.1) is 6.92 Å². The molecule has 1 aromatic heterocycles. The maximum absolute atomic E-state index is 10.7. The molecule has 0 aliphatic carbocycles. The molecule has 0 fully saturated rings. The molecule has 0 aliphatic heterocycles. The van der Waals surface area contributed by atoms with Gasteiger partial charge >= 0.3 is 5.97 Å². The Morgan fingerprint density at radius 1 is 1.59 bits per heavy atom. The van der Waals surface area contributed by atoms with Crippen molar-refractivity contribution in [2.45, 2.75) is 39.3 Å². The maximum atomic E-state index is 10.7. The SMILES string of the molecule is CCC(C)(O)CNCc1cc(C(=O)O)oc1C. The second-order valence-electron chi connectivity index (χ2n) is 4.45. The molecule has 1 atom stereocenters. The molecule has 1 heterocycles. The van der Waals surface area contributed by atoms with Gasteiger partial charge in [-0.05, 0) is 26.3 Å². The number of nitrogens with one attached hydrogen (secondary N) is 1. The van der Waals surface area contributed by atoms with Gasteiger partial charge in [0.05, 0.1) is 5.60 Å². The largest absolute Gasteiger partial charge is 0.475 e.